The molecule has 0 radical (unpaired) electrons. The molecule has 0 aliphatic heterocycles. The average molecular weight is 2350 g/mol. The molecule has 15 aromatic rings. The first-order valence-electron chi connectivity index (χ1n) is 43.9. The van der Waals surface area contributed by atoms with Crippen molar-refractivity contribution in [3.63, 3.8) is 0 Å². The average Bonchev–Trinajstić information content (AvgIpc) is 0.797. The summed E-state index contributed by atoms with van der Waals surface area (Å²) in [6.45, 7) is 0.0585. The lowest BCUT2D eigenvalue weighted by Gasteiger charge is -2.15. The number of alkyl halides is 2. The van der Waals surface area contributed by atoms with Gasteiger partial charge in [-0.25, -0.2) is 42.3 Å². The summed E-state index contributed by atoms with van der Waals surface area (Å²) in [6.07, 6.45) is 7.53. The van der Waals surface area contributed by atoms with Gasteiger partial charge in [0.25, 0.3) is 0 Å². The van der Waals surface area contributed by atoms with Crippen molar-refractivity contribution in [1.29, 1.82) is 0 Å². The fourth-order valence-corrected chi connectivity index (χ4v) is 15.6. The zero-order valence-corrected chi connectivity index (χ0v) is 88.5. The highest BCUT2D eigenvalue weighted by Crippen LogP contribution is 2.40. The fraction of sp³-hybridized carbons (Fsp3) is 0.178. The molecule has 40 heteroatoms. The number of ketones is 4. The maximum Gasteiger partial charge on any atom is 0.490 e. The number of hydrogen-bond donors (Lipinski definition) is 7. The molecular formula is C107H95BCl6F4I2N8O19. The van der Waals surface area contributed by atoms with Gasteiger partial charge in [-0.3, -0.25) is 34.1 Å². The van der Waals surface area contributed by atoms with Gasteiger partial charge in [0.05, 0.1) is 124 Å². The Bertz CT molecular complexity index is 7030. The number of carboxylic acid groups (broad SMARTS) is 1. The highest BCUT2D eigenvalue weighted by molar-refractivity contribution is 14.1. The maximum absolute atomic E-state index is 13.6. The van der Waals surface area contributed by atoms with Crippen LogP contribution in [-0.2, 0) is 0 Å². The van der Waals surface area contributed by atoms with Crippen molar-refractivity contribution < 1.29 is 110 Å². The first kappa shape index (κ1) is 118. The number of aliphatic hydroxyl groups excluding tert-OH is 3. The van der Waals surface area contributed by atoms with E-state index in [4.69, 9.17) is 128 Å². The van der Waals surface area contributed by atoms with Crippen LogP contribution in [0.4, 0.5) is 17.6 Å². The molecule has 7 heterocycles. The Balaban J connectivity index is 0.000000205. The Labute approximate surface area is 901 Å². The standard InChI is InChI=1S/C28H24ClFN2O4.C28H22ClFN2O4.C23H20ClFINO4.C14H14ClFN2O2.C8H7IO3.C5H6BNO2.CH2Cl2/c2*1-35-26-12-9-23(32-28(26)18-6-8-22(30)21(29)14-18)25(34)11-10-24(33)17-5-7-20(27(15-17)36-2)19-4-3-13-31-16-19;1-30-21-10-7-18(27-23(21)14-3-5-16(25)15(24)11-14)20(29)9-8-19(28)13-4-6-17(26)22(12-13)31-2;1-20-13-5-4-11(12(19)7-17)18-14(13)8-2-3-10(16)9(15)6-8;1-12-7-4-5(8(10)11)2-3-6(7)9;8-6(9)5-2-1-3-7-4-5;2-1-3/h3-9,12-16,25,34H,10-11H2,1-2H3;3-9,12-16H,10-11H2,1-2H3;3-7,10-12,20,29H,8-9H2,1-2H3;2-6,12,19H,7,17H2,1H3;2-4H,1H3,(H,10,11);1-4,8-9H;1H2. The van der Waals surface area contributed by atoms with Crippen LogP contribution in [0, 0.1) is 30.4 Å². The third-order valence-corrected chi connectivity index (χ3v) is 24.3. The summed E-state index contributed by atoms with van der Waals surface area (Å²) in [6, 6.07) is 61.1. The largest absolute Gasteiger partial charge is 0.496 e. The number of carboxylic acids is 1. The van der Waals surface area contributed by atoms with Crippen LogP contribution < -0.4 is 49.1 Å². The SMILES string of the molecule is COc1cc(C(=O)CCC(=O)c2ccc(OC)c(-c3ccc(F)c(Cl)c3)n2)ccc1-c1cccnc1.COc1cc(C(=O)CCC(O)c2ccc(OC)c(-c3ccc(F)c(Cl)c3)n2)ccc1-c1cccnc1.COc1cc(C(=O)CCC(O)c2ccc(OC)c(-c3ccc(F)c(Cl)c3)n2)ccc1I.COc1cc(C(=O)O)ccc1I.COc1ccc(C(O)CN)nc1-c1ccc(F)c(Cl)c1.ClCCl.OB(O)c1cccnc1. The summed E-state index contributed by atoms with van der Waals surface area (Å²) >= 11 is 37.3. The monoisotopic (exact) mass is 2350 g/mol. The van der Waals surface area contributed by atoms with Crippen LogP contribution in [0.15, 0.2) is 268 Å². The number of nitrogens with zero attached hydrogens (tertiary/aromatic N) is 7. The molecule has 0 aliphatic rings. The number of hydrogen-bond acceptors (Lipinski definition) is 26. The molecule has 0 bridgehead atoms. The minimum atomic E-state index is -1.40. The molecule has 15 rings (SSSR count). The van der Waals surface area contributed by atoms with E-state index in [0.29, 0.717) is 130 Å². The summed E-state index contributed by atoms with van der Waals surface area (Å²) in [7, 11) is 10.7. The van der Waals surface area contributed by atoms with Crippen molar-refractivity contribution in [1.82, 2.24) is 34.9 Å². The molecule has 0 spiro atoms. The number of carbonyl (C=O) groups excluding carboxylic acids is 4. The van der Waals surface area contributed by atoms with Gasteiger partial charge in [0, 0.05) is 136 Å². The van der Waals surface area contributed by atoms with E-state index in [2.05, 4.69) is 80.1 Å². The van der Waals surface area contributed by atoms with E-state index in [1.54, 1.807) is 160 Å². The summed E-state index contributed by atoms with van der Waals surface area (Å²) < 4.78 is 98.2. The smallest absolute Gasteiger partial charge is 0.490 e. The van der Waals surface area contributed by atoms with E-state index < -0.39 is 54.7 Å². The van der Waals surface area contributed by atoms with Crippen LogP contribution in [0.3, 0.4) is 0 Å². The molecule has 0 saturated heterocycles. The molecule has 3 atom stereocenters. The first-order chi connectivity index (χ1) is 70.6. The Hall–Kier alpha value is -12.9. The highest BCUT2D eigenvalue weighted by atomic mass is 127. The van der Waals surface area contributed by atoms with Crippen LogP contribution in [0.25, 0.3) is 67.3 Å². The number of aliphatic hydroxyl groups is 3. The van der Waals surface area contributed by atoms with Crippen molar-refractivity contribution in [2.75, 3.05) is 68.8 Å². The van der Waals surface area contributed by atoms with Crippen molar-refractivity contribution in [2.45, 2.75) is 56.8 Å². The summed E-state index contributed by atoms with van der Waals surface area (Å²) in [5, 5.41) is 56.9. The minimum Gasteiger partial charge on any atom is -0.496 e. The van der Waals surface area contributed by atoms with Crippen LogP contribution in [0.5, 0.6) is 46.0 Å². The quantitative estimate of drug-likeness (QED) is 0.00660. The van der Waals surface area contributed by atoms with E-state index in [1.165, 1.54) is 128 Å². The van der Waals surface area contributed by atoms with Gasteiger partial charge in [-0.2, -0.15) is 0 Å². The third-order valence-electron chi connectivity index (χ3n) is 21.4. The van der Waals surface area contributed by atoms with Gasteiger partial charge in [0.15, 0.2) is 23.1 Å². The molecule has 0 fully saturated rings. The van der Waals surface area contributed by atoms with Gasteiger partial charge in [0.1, 0.15) is 104 Å². The predicted molar refractivity (Wildman–Crippen MR) is 575 cm³/mol. The second kappa shape index (κ2) is 59.2. The fourth-order valence-electron chi connectivity index (χ4n) is 13.7. The number of benzene rings is 8. The third kappa shape index (κ3) is 33.8. The Morgan fingerprint density at radius 2 is 0.660 bits per heavy atom. The minimum absolute atomic E-state index is 0.000351. The van der Waals surface area contributed by atoms with Crippen molar-refractivity contribution >= 4 is 156 Å². The molecule has 764 valence electrons. The highest BCUT2D eigenvalue weighted by Gasteiger charge is 2.25. The molecule has 8 N–H and O–H groups in total. The zero-order chi connectivity index (χ0) is 107. The van der Waals surface area contributed by atoms with E-state index in [0.717, 1.165) is 29.4 Å². The van der Waals surface area contributed by atoms with Gasteiger partial charge in [0.2, 0.25) is 0 Å². The lowest BCUT2D eigenvalue weighted by molar-refractivity contribution is 0.0695. The molecule has 3 unspecified atom stereocenters. The first-order valence-corrected chi connectivity index (χ1v) is 48.7. The number of nitrogens with two attached hydrogens (primary N) is 1. The summed E-state index contributed by atoms with van der Waals surface area (Å²) in [5.41, 5.74) is 16.1. The number of halogens is 12. The van der Waals surface area contributed by atoms with E-state index in [-0.39, 0.29) is 105 Å². The number of aromatic carboxylic acids is 1. The number of pyridine rings is 7. The van der Waals surface area contributed by atoms with E-state index >= 15 is 0 Å². The normalized spacial score (nSPS) is 11.1. The molecule has 0 aliphatic carbocycles. The van der Waals surface area contributed by atoms with E-state index in [9.17, 15) is 56.9 Å². The van der Waals surface area contributed by atoms with Crippen LogP contribution in [-0.4, -0.2) is 170 Å². The number of rotatable bonds is 33. The molecule has 27 nitrogen and oxygen atoms in total. The van der Waals surface area contributed by atoms with E-state index in [1.807, 2.05) is 36.4 Å². The van der Waals surface area contributed by atoms with Gasteiger partial charge in [-0.15, -0.1) is 23.2 Å². The van der Waals surface area contributed by atoms with Gasteiger partial charge in [-0.05, 0) is 252 Å². The van der Waals surface area contributed by atoms with Crippen LogP contribution >= 0.6 is 115 Å². The topological polar surface area (TPSA) is 397 Å². The van der Waals surface area contributed by atoms with Crippen molar-refractivity contribution in [3.8, 4) is 113 Å². The number of carbonyl (C=O) groups is 5. The number of methoxy groups -OCH3 is 8. The van der Waals surface area contributed by atoms with Gasteiger partial charge >= 0.3 is 13.1 Å². The summed E-state index contributed by atoms with van der Waals surface area (Å²) in [5.74, 6) is 0.320. The molecule has 0 amide bonds. The maximum atomic E-state index is 13.6. The summed E-state index contributed by atoms with van der Waals surface area (Å²) in [4.78, 5) is 91.4. The Morgan fingerprint density at radius 3 is 0.973 bits per heavy atom. The lowest BCUT2D eigenvalue weighted by Crippen LogP contribution is -2.29. The van der Waals surface area contributed by atoms with Gasteiger partial charge < -0.3 is 74.1 Å². The number of Topliss-reactive ketones (excluding diaryl/α,β-unsaturated/α-hetero) is 4. The van der Waals surface area contributed by atoms with Crippen LogP contribution in [0.2, 0.25) is 20.1 Å². The molecule has 8 aromatic carbocycles. The number of ether oxygens (including phenoxy) is 8. The van der Waals surface area contributed by atoms with Crippen LogP contribution in [0.1, 0.15) is 126 Å². The Morgan fingerprint density at radius 1 is 0.354 bits per heavy atom. The molecular weight excluding hydrogens is 2250 g/mol. The molecule has 0 saturated carbocycles. The Kier molecular flexibility index (Phi) is 47.4. The second-order valence-corrected chi connectivity index (χ2v) is 35.5. The second-order valence-electron chi connectivity index (χ2n) is 30.8. The lowest BCUT2D eigenvalue weighted by atomic mass is 9.82. The molecule has 7 aromatic heterocycles. The predicted octanol–water partition coefficient (Wildman–Crippen LogP) is 23.4. The van der Waals surface area contributed by atoms with Gasteiger partial charge in [-0.1, -0.05) is 82.8 Å². The van der Waals surface area contributed by atoms with Crippen molar-refractivity contribution in [2.24, 2.45) is 5.73 Å². The number of aromatic nitrogens is 7. The zero-order valence-electron chi connectivity index (χ0n) is 79.6. The molecule has 147 heavy (non-hydrogen) atoms. The van der Waals surface area contributed by atoms with Crippen molar-refractivity contribution in [3.05, 3.63) is 363 Å².